The van der Waals surface area contributed by atoms with E-state index in [1.807, 2.05) is 6.07 Å². The molecule has 0 bridgehead atoms. The highest BCUT2D eigenvalue weighted by Crippen LogP contribution is 2.26. The third kappa shape index (κ3) is 2.31. The Kier molecular flexibility index (Phi) is 3.43. The van der Waals surface area contributed by atoms with Crippen molar-refractivity contribution >= 4 is 12.1 Å². The predicted octanol–water partition coefficient (Wildman–Crippen LogP) is 1.28. The van der Waals surface area contributed by atoms with Crippen molar-refractivity contribution in [2.45, 2.75) is 13.0 Å². The molecule has 0 saturated carbocycles. The number of carbonyl (C=O) groups is 1. The number of pyridine rings is 1. The predicted molar refractivity (Wildman–Crippen MR) is 68.5 cm³/mol. The monoisotopic (exact) mass is 233 g/mol. The second kappa shape index (κ2) is 4.84. The van der Waals surface area contributed by atoms with Crippen LogP contribution in [0.15, 0.2) is 18.3 Å². The van der Waals surface area contributed by atoms with Crippen molar-refractivity contribution < 1.29 is 4.79 Å². The molecule has 2 unspecified atom stereocenters. The molecule has 0 aromatic carbocycles. The summed E-state index contributed by atoms with van der Waals surface area (Å²) in [5.74, 6) is 1.41. The molecular formula is C13H19N3O. The first kappa shape index (κ1) is 12.0. The van der Waals surface area contributed by atoms with Crippen molar-refractivity contribution in [1.29, 1.82) is 0 Å². The molecule has 4 nitrogen and oxygen atoms in total. The highest BCUT2D eigenvalue weighted by molar-refractivity contribution is 5.82. The van der Waals surface area contributed by atoms with Crippen LogP contribution in [0.5, 0.6) is 0 Å². The lowest BCUT2D eigenvalue weighted by Gasteiger charge is -2.23. The molecule has 1 aliphatic rings. The Bertz CT molecular complexity index is 405. The van der Waals surface area contributed by atoms with Crippen LogP contribution in [-0.2, 0) is 0 Å². The summed E-state index contributed by atoms with van der Waals surface area (Å²) in [6.07, 6.45) is 2.63. The minimum atomic E-state index is 0.525. The van der Waals surface area contributed by atoms with Crippen LogP contribution in [0, 0.1) is 5.92 Å². The van der Waals surface area contributed by atoms with Gasteiger partial charge in [-0.15, -0.1) is 0 Å². The standard InChI is InChI=1S/C13H19N3O/c1-10-7-16(8-12(10)15(2)3)13-11(9-17)5-4-6-14-13/h4-6,9-10,12H,7-8H2,1-3H3. The van der Waals surface area contributed by atoms with E-state index < -0.39 is 0 Å². The van der Waals surface area contributed by atoms with E-state index in [0.29, 0.717) is 17.5 Å². The number of carbonyl (C=O) groups excluding carboxylic acids is 1. The van der Waals surface area contributed by atoms with Crippen LogP contribution < -0.4 is 4.90 Å². The number of hydrogen-bond acceptors (Lipinski definition) is 4. The van der Waals surface area contributed by atoms with Gasteiger partial charge in [-0.25, -0.2) is 4.98 Å². The van der Waals surface area contributed by atoms with Gasteiger partial charge in [0, 0.05) is 25.3 Å². The summed E-state index contributed by atoms with van der Waals surface area (Å²) in [5, 5.41) is 0. The van der Waals surface area contributed by atoms with Crippen LogP contribution in [0.1, 0.15) is 17.3 Å². The van der Waals surface area contributed by atoms with E-state index in [1.165, 1.54) is 0 Å². The fourth-order valence-electron chi connectivity index (χ4n) is 2.56. The smallest absolute Gasteiger partial charge is 0.153 e. The third-order valence-corrected chi connectivity index (χ3v) is 3.48. The van der Waals surface area contributed by atoms with Gasteiger partial charge in [-0.05, 0) is 32.1 Å². The van der Waals surface area contributed by atoms with E-state index in [0.717, 1.165) is 25.2 Å². The van der Waals surface area contributed by atoms with Gasteiger partial charge in [0.05, 0.1) is 5.56 Å². The second-order valence-electron chi connectivity index (χ2n) is 4.95. The van der Waals surface area contributed by atoms with E-state index in [2.05, 4.69) is 35.8 Å². The highest BCUT2D eigenvalue weighted by atomic mass is 16.1. The van der Waals surface area contributed by atoms with Gasteiger partial charge in [0.1, 0.15) is 5.82 Å². The van der Waals surface area contributed by atoms with Gasteiger partial charge in [0.2, 0.25) is 0 Å². The first-order valence-corrected chi connectivity index (χ1v) is 5.95. The van der Waals surface area contributed by atoms with E-state index >= 15 is 0 Å². The average Bonchev–Trinajstić information content (AvgIpc) is 2.71. The lowest BCUT2D eigenvalue weighted by molar-refractivity contribution is 0.112. The summed E-state index contributed by atoms with van der Waals surface area (Å²) in [7, 11) is 4.20. The molecule has 1 saturated heterocycles. The van der Waals surface area contributed by atoms with Crippen LogP contribution in [-0.4, -0.2) is 49.4 Å². The summed E-state index contributed by atoms with van der Waals surface area (Å²) in [4.78, 5) is 19.8. The maximum absolute atomic E-state index is 11.0. The Morgan fingerprint density at radius 3 is 2.82 bits per heavy atom. The Morgan fingerprint density at radius 1 is 1.47 bits per heavy atom. The van der Waals surface area contributed by atoms with E-state index in [1.54, 1.807) is 12.3 Å². The molecule has 1 fully saturated rings. The summed E-state index contributed by atoms with van der Waals surface area (Å²) >= 11 is 0. The molecule has 0 radical (unpaired) electrons. The SMILES string of the molecule is CC1CN(c2ncccc2C=O)CC1N(C)C. The normalized spacial score (nSPS) is 24.4. The molecular weight excluding hydrogens is 214 g/mol. The molecule has 2 rings (SSSR count). The summed E-state index contributed by atoms with van der Waals surface area (Å²) in [6.45, 7) is 4.14. The Labute approximate surface area is 102 Å². The summed E-state index contributed by atoms with van der Waals surface area (Å²) in [5.41, 5.74) is 0.680. The maximum Gasteiger partial charge on any atom is 0.153 e. The molecule has 1 aromatic heterocycles. The molecule has 92 valence electrons. The number of aldehydes is 1. The Morgan fingerprint density at radius 2 is 2.24 bits per heavy atom. The second-order valence-corrected chi connectivity index (χ2v) is 4.95. The first-order chi connectivity index (χ1) is 8.13. The quantitative estimate of drug-likeness (QED) is 0.737. The fourth-order valence-corrected chi connectivity index (χ4v) is 2.56. The fraction of sp³-hybridized carbons (Fsp3) is 0.538. The molecule has 0 amide bonds. The van der Waals surface area contributed by atoms with E-state index in [-0.39, 0.29) is 0 Å². The number of hydrogen-bond donors (Lipinski definition) is 0. The Hall–Kier alpha value is -1.42. The minimum absolute atomic E-state index is 0.525. The van der Waals surface area contributed by atoms with Gasteiger partial charge in [-0.2, -0.15) is 0 Å². The lowest BCUT2D eigenvalue weighted by Crippen LogP contribution is -2.34. The molecule has 1 aromatic rings. The number of anilines is 1. The van der Waals surface area contributed by atoms with Crippen LogP contribution >= 0.6 is 0 Å². The number of aromatic nitrogens is 1. The maximum atomic E-state index is 11.0. The highest BCUT2D eigenvalue weighted by Gasteiger charge is 2.32. The number of rotatable bonds is 3. The average molecular weight is 233 g/mol. The third-order valence-electron chi connectivity index (χ3n) is 3.48. The van der Waals surface area contributed by atoms with E-state index in [4.69, 9.17) is 0 Å². The van der Waals surface area contributed by atoms with Crippen LogP contribution in [0.25, 0.3) is 0 Å². The topological polar surface area (TPSA) is 36.4 Å². The largest absolute Gasteiger partial charge is 0.354 e. The van der Waals surface area contributed by atoms with Crippen molar-refractivity contribution in [2.24, 2.45) is 5.92 Å². The van der Waals surface area contributed by atoms with Crippen molar-refractivity contribution in [3.8, 4) is 0 Å². The van der Waals surface area contributed by atoms with Gasteiger partial charge in [0.25, 0.3) is 0 Å². The lowest BCUT2D eigenvalue weighted by atomic mass is 10.1. The molecule has 4 heteroatoms. The molecule has 0 spiro atoms. The molecule has 0 N–H and O–H groups in total. The number of likely N-dealkylation sites (N-methyl/N-ethyl adjacent to an activating group) is 1. The minimum Gasteiger partial charge on any atom is -0.354 e. The first-order valence-electron chi connectivity index (χ1n) is 5.95. The zero-order valence-corrected chi connectivity index (χ0v) is 10.6. The van der Waals surface area contributed by atoms with Crippen LogP contribution in [0.4, 0.5) is 5.82 Å². The van der Waals surface area contributed by atoms with E-state index in [9.17, 15) is 4.79 Å². The van der Waals surface area contributed by atoms with Gasteiger partial charge in [-0.3, -0.25) is 4.79 Å². The summed E-state index contributed by atoms with van der Waals surface area (Å²) < 4.78 is 0. The molecule has 1 aliphatic heterocycles. The van der Waals surface area contributed by atoms with Gasteiger partial charge in [-0.1, -0.05) is 6.92 Å². The molecule has 0 aliphatic carbocycles. The van der Waals surface area contributed by atoms with Gasteiger partial charge in [0.15, 0.2) is 6.29 Å². The van der Waals surface area contributed by atoms with Gasteiger partial charge >= 0.3 is 0 Å². The molecule has 2 atom stereocenters. The van der Waals surface area contributed by atoms with Crippen molar-refractivity contribution in [3.05, 3.63) is 23.9 Å². The van der Waals surface area contributed by atoms with Crippen molar-refractivity contribution in [2.75, 3.05) is 32.1 Å². The van der Waals surface area contributed by atoms with Crippen LogP contribution in [0.2, 0.25) is 0 Å². The zero-order valence-electron chi connectivity index (χ0n) is 10.6. The molecule has 17 heavy (non-hydrogen) atoms. The zero-order chi connectivity index (χ0) is 12.4. The van der Waals surface area contributed by atoms with Crippen molar-refractivity contribution in [3.63, 3.8) is 0 Å². The van der Waals surface area contributed by atoms with Gasteiger partial charge < -0.3 is 9.80 Å². The number of nitrogens with zero attached hydrogens (tertiary/aromatic N) is 3. The molecule has 2 heterocycles. The van der Waals surface area contributed by atoms with Crippen LogP contribution in [0.3, 0.4) is 0 Å². The van der Waals surface area contributed by atoms with Crippen molar-refractivity contribution in [1.82, 2.24) is 9.88 Å². The Balaban J connectivity index is 2.22. The summed E-state index contributed by atoms with van der Waals surface area (Å²) in [6, 6.07) is 4.15.